The van der Waals surface area contributed by atoms with Crippen LogP contribution >= 0.6 is 0 Å². The van der Waals surface area contributed by atoms with E-state index in [0.717, 1.165) is 12.1 Å². The molecule has 3 heteroatoms. The molecular weight excluding hydrogens is 210 g/mol. The van der Waals surface area contributed by atoms with Gasteiger partial charge < -0.3 is 5.32 Å². The molecule has 2 atom stereocenters. The number of nitrogens with zero attached hydrogens (tertiary/aromatic N) is 1. The third-order valence-electron chi connectivity index (χ3n) is 4.02. The lowest BCUT2D eigenvalue weighted by atomic mass is 9.87. The summed E-state index contributed by atoms with van der Waals surface area (Å²) in [7, 11) is 0. The van der Waals surface area contributed by atoms with Crippen molar-refractivity contribution in [3.8, 4) is 0 Å². The Morgan fingerprint density at radius 3 is 2.88 bits per heavy atom. The van der Waals surface area contributed by atoms with Crippen LogP contribution in [-0.2, 0) is 6.42 Å². The highest BCUT2D eigenvalue weighted by Crippen LogP contribution is 2.37. The van der Waals surface area contributed by atoms with Gasteiger partial charge in [-0.05, 0) is 38.2 Å². The standard InChI is InChI=1S/C14H25N3/c1-10(8-12-9-11(2)16-17-12)15-13-6-5-7-14(13,3)4/h9-10,13,15H,5-8H2,1-4H3,(H,16,17)/t10-,13-/m0/s1. The van der Waals surface area contributed by atoms with E-state index in [9.17, 15) is 0 Å². The van der Waals surface area contributed by atoms with Crippen LogP contribution in [0.4, 0.5) is 0 Å². The summed E-state index contributed by atoms with van der Waals surface area (Å²) in [6.07, 6.45) is 5.03. The van der Waals surface area contributed by atoms with Gasteiger partial charge in [0.05, 0.1) is 5.69 Å². The van der Waals surface area contributed by atoms with Crippen molar-refractivity contribution in [3.05, 3.63) is 17.5 Å². The van der Waals surface area contributed by atoms with Crippen LogP contribution in [-0.4, -0.2) is 22.3 Å². The second kappa shape index (κ2) is 4.81. The van der Waals surface area contributed by atoms with Gasteiger partial charge in [0, 0.05) is 24.2 Å². The monoisotopic (exact) mass is 235 g/mol. The van der Waals surface area contributed by atoms with E-state index < -0.39 is 0 Å². The van der Waals surface area contributed by atoms with Crippen molar-refractivity contribution in [3.63, 3.8) is 0 Å². The van der Waals surface area contributed by atoms with Gasteiger partial charge in [-0.15, -0.1) is 0 Å². The summed E-state index contributed by atoms with van der Waals surface area (Å²) >= 11 is 0. The minimum atomic E-state index is 0.454. The molecule has 0 saturated heterocycles. The minimum Gasteiger partial charge on any atom is -0.311 e. The molecule has 1 aliphatic carbocycles. The van der Waals surface area contributed by atoms with Crippen molar-refractivity contribution in [2.75, 3.05) is 0 Å². The average Bonchev–Trinajstić information content (AvgIpc) is 2.74. The summed E-state index contributed by atoms with van der Waals surface area (Å²) in [5, 5.41) is 11.1. The van der Waals surface area contributed by atoms with Gasteiger partial charge in [0.15, 0.2) is 0 Å². The molecule has 0 aromatic carbocycles. The lowest BCUT2D eigenvalue weighted by Gasteiger charge is -2.30. The van der Waals surface area contributed by atoms with Crippen molar-refractivity contribution in [1.29, 1.82) is 0 Å². The van der Waals surface area contributed by atoms with E-state index in [4.69, 9.17) is 0 Å². The molecule has 2 rings (SSSR count). The number of aromatic nitrogens is 2. The second-order valence-corrected chi connectivity index (χ2v) is 6.25. The Morgan fingerprint density at radius 1 is 1.59 bits per heavy atom. The first-order chi connectivity index (χ1) is 7.97. The summed E-state index contributed by atoms with van der Waals surface area (Å²) in [6.45, 7) is 9.07. The van der Waals surface area contributed by atoms with E-state index in [1.54, 1.807) is 0 Å². The molecule has 0 amide bonds. The van der Waals surface area contributed by atoms with Crippen LogP contribution in [0.3, 0.4) is 0 Å². The number of aromatic amines is 1. The Morgan fingerprint density at radius 2 is 2.35 bits per heavy atom. The topological polar surface area (TPSA) is 40.7 Å². The number of nitrogens with one attached hydrogen (secondary N) is 2. The molecule has 2 N–H and O–H groups in total. The zero-order chi connectivity index (χ0) is 12.5. The minimum absolute atomic E-state index is 0.454. The SMILES string of the molecule is Cc1cc(C[C@H](C)N[C@H]2CCCC2(C)C)n[nH]1. The highest BCUT2D eigenvalue weighted by atomic mass is 15.1. The molecule has 1 heterocycles. The van der Waals surface area contributed by atoms with E-state index in [-0.39, 0.29) is 0 Å². The molecule has 1 aromatic heterocycles. The molecule has 0 bridgehead atoms. The molecule has 3 nitrogen and oxygen atoms in total. The normalized spacial score (nSPS) is 25.1. The predicted octanol–water partition coefficient (Wildman–Crippen LogP) is 2.82. The average molecular weight is 235 g/mol. The fraction of sp³-hybridized carbons (Fsp3) is 0.786. The molecule has 0 radical (unpaired) electrons. The highest BCUT2D eigenvalue weighted by molar-refractivity contribution is 5.08. The Bertz CT molecular complexity index is 367. The van der Waals surface area contributed by atoms with Crippen molar-refractivity contribution >= 4 is 0 Å². The number of aryl methyl sites for hydroxylation is 1. The van der Waals surface area contributed by atoms with Crippen LogP contribution in [0.15, 0.2) is 6.07 Å². The van der Waals surface area contributed by atoms with Gasteiger partial charge in [0.1, 0.15) is 0 Å². The largest absolute Gasteiger partial charge is 0.311 e. The molecule has 1 saturated carbocycles. The summed E-state index contributed by atoms with van der Waals surface area (Å²) in [4.78, 5) is 0. The summed E-state index contributed by atoms with van der Waals surface area (Å²) in [5.74, 6) is 0. The number of H-pyrrole nitrogens is 1. The molecule has 0 unspecified atom stereocenters. The molecule has 1 aliphatic rings. The van der Waals surface area contributed by atoms with Gasteiger partial charge in [-0.2, -0.15) is 5.10 Å². The zero-order valence-corrected chi connectivity index (χ0v) is 11.5. The van der Waals surface area contributed by atoms with E-state index in [1.807, 2.05) is 0 Å². The van der Waals surface area contributed by atoms with E-state index in [1.165, 1.54) is 25.0 Å². The highest BCUT2D eigenvalue weighted by Gasteiger charge is 2.34. The predicted molar refractivity (Wildman–Crippen MR) is 71.0 cm³/mol. The zero-order valence-electron chi connectivity index (χ0n) is 11.5. The maximum absolute atomic E-state index is 4.30. The van der Waals surface area contributed by atoms with Crippen molar-refractivity contribution < 1.29 is 0 Å². The van der Waals surface area contributed by atoms with Crippen LogP contribution in [0.2, 0.25) is 0 Å². The fourth-order valence-electron chi connectivity index (χ4n) is 2.93. The molecule has 0 spiro atoms. The maximum atomic E-state index is 4.30. The first-order valence-electron chi connectivity index (χ1n) is 6.74. The molecule has 17 heavy (non-hydrogen) atoms. The van der Waals surface area contributed by atoms with Gasteiger partial charge >= 0.3 is 0 Å². The molecule has 1 aromatic rings. The maximum Gasteiger partial charge on any atom is 0.0640 e. The summed E-state index contributed by atoms with van der Waals surface area (Å²) in [5.41, 5.74) is 2.77. The molecular formula is C14H25N3. The second-order valence-electron chi connectivity index (χ2n) is 6.25. The lowest BCUT2D eigenvalue weighted by molar-refractivity contribution is 0.264. The third-order valence-corrected chi connectivity index (χ3v) is 4.02. The van der Waals surface area contributed by atoms with Gasteiger partial charge in [-0.3, -0.25) is 5.10 Å². The van der Waals surface area contributed by atoms with Gasteiger partial charge in [0.2, 0.25) is 0 Å². The van der Waals surface area contributed by atoms with Crippen molar-refractivity contribution in [1.82, 2.24) is 15.5 Å². The van der Waals surface area contributed by atoms with E-state index in [2.05, 4.69) is 49.3 Å². The first kappa shape index (κ1) is 12.6. The molecule has 1 fully saturated rings. The van der Waals surface area contributed by atoms with E-state index >= 15 is 0 Å². The Kier molecular flexibility index (Phi) is 3.57. The number of hydrogen-bond acceptors (Lipinski definition) is 2. The summed E-state index contributed by atoms with van der Waals surface area (Å²) in [6, 6.07) is 3.30. The summed E-state index contributed by atoms with van der Waals surface area (Å²) < 4.78 is 0. The Hall–Kier alpha value is -0.830. The van der Waals surface area contributed by atoms with Gasteiger partial charge in [-0.1, -0.05) is 20.3 Å². The third kappa shape index (κ3) is 3.09. The first-order valence-corrected chi connectivity index (χ1v) is 6.74. The van der Waals surface area contributed by atoms with Crippen molar-refractivity contribution in [2.45, 2.75) is 65.5 Å². The van der Waals surface area contributed by atoms with Gasteiger partial charge in [-0.25, -0.2) is 0 Å². The molecule has 96 valence electrons. The quantitative estimate of drug-likeness (QED) is 0.842. The molecule has 0 aliphatic heterocycles. The van der Waals surface area contributed by atoms with Crippen LogP contribution in [0.25, 0.3) is 0 Å². The lowest BCUT2D eigenvalue weighted by Crippen LogP contribution is -2.43. The van der Waals surface area contributed by atoms with Crippen LogP contribution in [0, 0.1) is 12.3 Å². The van der Waals surface area contributed by atoms with Crippen LogP contribution < -0.4 is 5.32 Å². The van der Waals surface area contributed by atoms with Crippen LogP contribution in [0.5, 0.6) is 0 Å². The Balaban J connectivity index is 1.87. The smallest absolute Gasteiger partial charge is 0.0640 e. The number of rotatable bonds is 4. The fourth-order valence-corrected chi connectivity index (χ4v) is 2.93. The Labute approximate surface area is 104 Å². The van der Waals surface area contributed by atoms with E-state index in [0.29, 0.717) is 17.5 Å². The van der Waals surface area contributed by atoms with Crippen LogP contribution in [0.1, 0.15) is 51.4 Å². The number of hydrogen-bond donors (Lipinski definition) is 2. The van der Waals surface area contributed by atoms with Gasteiger partial charge in [0.25, 0.3) is 0 Å². The van der Waals surface area contributed by atoms with Crippen molar-refractivity contribution in [2.24, 2.45) is 5.41 Å².